The van der Waals surface area contributed by atoms with E-state index in [9.17, 15) is 14.4 Å². The second-order valence-corrected chi connectivity index (χ2v) is 4.58. The van der Waals surface area contributed by atoms with Crippen molar-refractivity contribution >= 4 is 23.5 Å². The van der Waals surface area contributed by atoms with Gasteiger partial charge in [-0.3, -0.25) is 14.4 Å². The Labute approximate surface area is 122 Å². The predicted octanol–water partition coefficient (Wildman–Crippen LogP) is 0.485. The first-order chi connectivity index (χ1) is 9.85. The van der Waals surface area contributed by atoms with Gasteiger partial charge in [-0.1, -0.05) is 6.07 Å². The number of benzene rings is 1. The Morgan fingerprint density at radius 2 is 2.00 bits per heavy atom. The quantitative estimate of drug-likeness (QED) is 0.608. The molecule has 0 aliphatic rings. The molecule has 0 fully saturated rings. The summed E-state index contributed by atoms with van der Waals surface area (Å²) in [5.74, 6) is -2.00. The number of hydrogen-bond acceptors (Lipinski definition) is 4. The molecule has 21 heavy (non-hydrogen) atoms. The van der Waals surface area contributed by atoms with Gasteiger partial charge in [0.05, 0.1) is 12.5 Å². The van der Waals surface area contributed by atoms with Gasteiger partial charge in [0.2, 0.25) is 5.91 Å². The summed E-state index contributed by atoms with van der Waals surface area (Å²) in [5, 5.41) is 13.8. The molecule has 0 bridgehead atoms. The molecule has 0 aliphatic carbocycles. The summed E-state index contributed by atoms with van der Waals surface area (Å²) in [4.78, 5) is 34.1. The van der Waals surface area contributed by atoms with Crippen molar-refractivity contribution in [3.8, 4) is 0 Å². The summed E-state index contributed by atoms with van der Waals surface area (Å²) in [7, 11) is 0. The lowest BCUT2D eigenvalue weighted by molar-refractivity contribution is -0.138. The standard InChI is InChI=1S/C14H19N3O4/c1-3-16-13(20)9-5-4-8(2)11(6-9)17-14(21)10(15)7-12(18)19/h4-6,10H,3,7,15H2,1-2H3,(H,16,20)(H,17,21)(H,18,19). The first-order valence-electron chi connectivity index (χ1n) is 6.52. The van der Waals surface area contributed by atoms with Crippen molar-refractivity contribution in [3.63, 3.8) is 0 Å². The lowest BCUT2D eigenvalue weighted by Crippen LogP contribution is -2.37. The molecule has 0 radical (unpaired) electrons. The summed E-state index contributed by atoms with van der Waals surface area (Å²) in [6, 6.07) is 3.73. The highest BCUT2D eigenvalue weighted by atomic mass is 16.4. The smallest absolute Gasteiger partial charge is 0.305 e. The molecule has 1 aromatic carbocycles. The van der Waals surface area contributed by atoms with Gasteiger partial charge in [0.15, 0.2) is 0 Å². The zero-order chi connectivity index (χ0) is 16.0. The molecule has 0 saturated carbocycles. The minimum absolute atomic E-state index is 0.247. The number of amides is 2. The number of nitrogens with one attached hydrogen (secondary N) is 2. The van der Waals surface area contributed by atoms with Gasteiger partial charge in [-0.25, -0.2) is 0 Å². The van der Waals surface area contributed by atoms with E-state index in [-0.39, 0.29) is 5.91 Å². The molecule has 0 aromatic heterocycles. The Morgan fingerprint density at radius 3 is 2.57 bits per heavy atom. The number of carboxylic acids is 1. The lowest BCUT2D eigenvalue weighted by Gasteiger charge is -2.13. The van der Waals surface area contributed by atoms with Gasteiger partial charge < -0.3 is 21.5 Å². The Hall–Kier alpha value is -2.41. The van der Waals surface area contributed by atoms with E-state index in [1.165, 1.54) is 6.07 Å². The number of carbonyl (C=O) groups is 3. The van der Waals surface area contributed by atoms with Crippen LogP contribution >= 0.6 is 0 Å². The van der Waals surface area contributed by atoms with Crippen LogP contribution in [0.15, 0.2) is 18.2 Å². The van der Waals surface area contributed by atoms with Crippen molar-refractivity contribution in [2.24, 2.45) is 5.73 Å². The van der Waals surface area contributed by atoms with Crippen molar-refractivity contribution in [1.29, 1.82) is 0 Å². The zero-order valence-electron chi connectivity index (χ0n) is 12.0. The number of aryl methyl sites for hydroxylation is 1. The Balaban J connectivity index is 2.87. The molecule has 114 valence electrons. The van der Waals surface area contributed by atoms with E-state index in [1.807, 2.05) is 0 Å². The Kier molecular flexibility index (Phi) is 5.86. The molecule has 7 nitrogen and oxygen atoms in total. The molecule has 0 aliphatic heterocycles. The minimum Gasteiger partial charge on any atom is -0.481 e. The normalized spacial score (nSPS) is 11.6. The summed E-state index contributed by atoms with van der Waals surface area (Å²) < 4.78 is 0. The van der Waals surface area contributed by atoms with Crippen molar-refractivity contribution < 1.29 is 19.5 Å². The summed E-state index contributed by atoms with van der Waals surface area (Å²) in [5.41, 5.74) is 7.08. The lowest BCUT2D eigenvalue weighted by atomic mass is 10.1. The molecule has 1 rings (SSSR count). The van der Waals surface area contributed by atoms with Crippen molar-refractivity contribution in [2.45, 2.75) is 26.3 Å². The fourth-order valence-corrected chi connectivity index (χ4v) is 1.67. The van der Waals surface area contributed by atoms with E-state index in [2.05, 4.69) is 10.6 Å². The molecule has 0 saturated heterocycles. The molecule has 7 heteroatoms. The highest BCUT2D eigenvalue weighted by molar-refractivity contribution is 6.00. The maximum atomic E-state index is 11.8. The Bertz CT molecular complexity index is 557. The molecular formula is C14H19N3O4. The third-order valence-electron chi connectivity index (χ3n) is 2.83. The van der Waals surface area contributed by atoms with Gasteiger partial charge in [0, 0.05) is 17.8 Å². The molecule has 5 N–H and O–H groups in total. The van der Waals surface area contributed by atoms with E-state index in [1.54, 1.807) is 26.0 Å². The van der Waals surface area contributed by atoms with Crippen LogP contribution < -0.4 is 16.4 Å². The van der Waals surface area contributed by atoms with Crippen LogP contribution in [-0.2, 0) is 9.59 Å². The van der Waals surface area contributed by atoms with E-state index < -0.39 is 24.3 Å². The van der Waals surface area contributed by atoms with Gasteiger partial charge in [-0.2, -0.15) is 0 Å². The first-order valence-corrected chi connectivity index (χ1v) is 6.52. The van der Waals surface area contributed by atoms with Crippen LogP contribution in [0, 0.1) is 6.92 Å². The monoisotopic (exact) mass is 293 g/mol. The second-order valence-electron chi connectivity index (χ2n) is 4.58. The summed E-state index contributed by atoms with van der Waals surface area (Å²) in [6.07, 6.45) is -0.457. The number of anilines is 1. The molecule has 1 unspecified atom stereocenters. The zero-order valence-corrected chi connectivity index (χ0v) is 12.0. The SMILES string of the molecule is CCNC(=O)c1ccc(C)c(NC(=O)C(N)CC(=O)O)c1. The maximum Gasteiger partial charge on any atom is 0.305 e. The number of carbonyl (C=O) groups excluding carboxylic acids is 2. The predicted molar refractivity (Wildman–Crippen MR) is 78.0 cm³/mol. The first kappa shape index (κ1) is 16.6. The van der Waals surface area contributed by atoms with E-state index >= 15 is 0 Å². The summed E-state index contributed by atoms with van der Waals surface area (Å²) in [6.45, 7) is 4.07. The van der Waals surface area contributed by atoms with Crippen molar-refractivity contribution in [3.05, 3.63) is 29.3 Å². The topological polar surface area (TPSA) is 122 Å². The van der Waals surface area contributed by atoms with Gasteiger partial charge in [-0.05, 0) is 31.5 Å². The van der Waals surface area contributed by atoms with Crippen LogP contribution in [0.2, 0.25) is 0 Å². The maximum absolute atomic E-state index is 11.8. The number of aliphatic carboxylic acids is 1. The average molecular weight is 293 g/mol. The second kappa shape index (κ2) is 7.39. The van der Waals surface area contributed by atoms with Crippen molar-refractivity contribution in [2.75, 3.05) is 11.9 Å². The highest BCUT2D eigenvalue weighted by Crippen LogP contribution is 2.17. The van der Waals surface area contributed by atoms with Gasteiger partial charge in [0.1, 0.15) is 0 Å². The number of carboxylic acid groups (broad SMARTS) is 1. The number of hydrogen-bond donors (Lipinski definition) is 4. The van der Waals surface area contributed by atoms with Crippen LogP contribution in [0.5, 0.6) is 0 Å². The van der Waals surface area contributed by atoms with Crippen LogP contribution in [-0.4, -0.2) is 35.5 Å². The highest BCUT2D eigenvalue weighted by Gasteiger charge is 2.18. The van der Waals surface area contributed by atoms with Gasteiger partial charge in [0.25, 0.3) is 5.91 Å². The fourth-order valence-electron chi connectivity index (χ4n) is 1.67. The molecule has 2 amide bonds. The molecule has 0 spiro atoms. The average Bonchev–Trinajstić information content (AvgIpc) is 2.40. The third-order valence-corrected chi connectivity index (χ3v) is 2.83. The third kappa shape index (κ3) is 4.88. The van der Waals surface area contributed by atoms with Crippen molar-refractivity contribution in [1.82, 2.24) is 5.32 Å². The molecule has 0 heterocycles. The minimum atomic E-state index is -1.15. The van der Waals surface area contributed by atoms with Crippen LogP contribution in [0.1, 0.15) is 29.3 Å². The molecule has 1 aromatic rings. The van der Waals surface area contributed by atoms with E-state index in [0.717, 1.165) is 5.56 Å². The number of nitrogens with two attached hydrogens (primary N) is 1. The van der Waals surface area contributed by atoms with E-state index in [4.69, 9.17) is 10.8 Å². The molecule has 1 atom stereocenters. The number of rotatable bonds is 6. The molecular weight excluding hydrogens is 274 g/mol. The van der Waals surface area contributed by atoms with Gasteiger partial charge >= 0.3 is 5.97 Å². The Morgan fingerprint density at radius 1 is 1.33 bits per heavy atom. The van der Waals surface area contributed by atoms with Gasteiger partial charge in [-0.15, -0.1) is 0 Å². The van der Waals surface area contributed by atoms with Crippen LogP contribution in [0.3, 0.4) is 0 Å². The largest absolute Gasteiger partial charge is 0.481 e. The fraction of sp³-hybridized carbons (Fsp3) is 0.357. The summed E-state index contributed by atoms with van der Waals surface area (Å²) >= 11 is 0. The van der Waals surface area contributed by atoms with E-state index in [0.29, 0.717) is 17.8 Å². The van der Waals surface area contributed by atoms with Crippen LogP contribution in [0.25, 0.3) is 0 Å². The van der Waals surface area contributed by atoms with Crippen LogP contribution in [0.4, 0.5) is 5.69 Å².